The van der Waals surface area contributed by atoms with Crippen LogP contribution in [0.4, 0.5) is 0 Å². The predicted octanol–water partition coefficient (Wildman–Crippen LogP) is 11.4. The summed E-state index contributed by atoms with van der Waals surface area (Å²) < 4.78 is 6.48. The van der Waals surface area contributed by atoms with Gasteiger partial charge in [0, 0.05) is 38.4 Å². The molecule has 46 heavy (non-hydrogen) atoms. The van der Waals surface area contributed by atoms with Crippen LogP contribution in [0.25, 0.3) is 78.1 Å². The normalized spacial score (nSPS) is 13.2. The molecule has 1 aliphatic rings. The lowest BCUT2D eigenvalue weighted by Gasteiger charge is -2.22. The number of rotatable bonds is 4. The van der Waals surface area contributed by atoms with E-state index >= 15 is 0 Å². The molecule has 2 heterocycles. The van der Waals surface area contributed by atoms with Gasteiger partial charge in [-0.25, -0.2) is 9.97 Å². The Morgan fingerprint density at radius 3 is 1.83 bits per heavy atom. The van der Waals surface area contributed by atoms with E-state index in [1.54, 1.807) is 0 Å². The van der Waals surface area contributed by atoms with Crippen molar-refractivity contribution in [3.05, 3.63) is 157 Å². The molecule has 1 aliphatic carbocycles. The third kappa shape index (κ3) is 4.13. The summed E-state index contributed by atoms with van der Waals surface area (Å²) in [5.74, 6) is 0.722. The van der Waals surface area contributed by atoms with Gasteiger partial charge in [-0.1, -0.05) is 141 Å². The molecule has 0 N–H and O–H groups in total. The van der Waals surface area contributed by atoms with Crippen LogP contribution in [-0.2, 0) is 5.41 Å². The van der Waals surface area contributed by atoms with E-state index in [0.29, 0.717) is 0 Å². The van der Waals surface area contributed by atoms with E-state index in [-0.39, 0.29) is 5.41 Å². The standard InChI is InChI=1S/C43H30N2O/c1-43(2)35-24-23-33-32-15-9-10-16-39(32)46-41(33)40(35)34-22-21-31(25-36(34)43)27-17-19-29(20-18-27)38-26-37(28-11-5-3-6-12-28)44-42(45-38)30-13-7-4-8-14-30/h3-26H,1-2H3. The van der Waals surface area contributed by atoms with Crippen molar-refractivity contribution >= 4 is 21.9 Å². The summed E-state index contributed by atoms with van der Waals surface area (Å²) in [6.07, 6.45) is 0. The highest BCUT2D eigenvalue weighted by Gasteiger charge is 2.38. The number of furan rings is 1. The van der Waals surface area contributed by atoms with Crippen LogP contribution >= 0.6 is 0 Å². The van der Waals surface area contributed by atoms with Gasteiger partial charge in [0.05, 0.1) is 11.4 Å². The molecule has 6 aromatic carbocycles. The molecule has 0 atom stereocenters. The van der Waals surface area contributed by atoms with Gasteiger partial charge in [-0.05, 0) is 46.0 Å². The second kappa shape index (κ2) is 10.1. The summed E-state index contributed by atoms with van der Waals surface area (Å²) in [5.41, 5.74) is 14.2. The van der Waals surface area contributed by atoms with Crippen molar-refractivity contribution in [2.75, 3.05) is 0 Å². The van der Waals surface area contributed by atoms with E-state index in [1.165, 1.54) is 44.2 Å². The second-order valence-electron chi connectivity index (χ2n) is 12.6. The number of hydrogen-bond donors (Lipinski definition) is 0. The van der Waals surface area contributed by atoms with Gasteiger partial charge in [0.1, 0.15) is 11.2 Å². The lowest BCUT2D eigenvalue weighted by molar-refractivity contribution is 0.653. The Labute approximate surface area is 267 Å². The molecule has 0 radical (unpaired) electrons. The lowest BCUT2D eigenvalue weighted by Crippen LogP contribution is -2.14. The number of benzene rings is 6. The molecule has 3 nitrogen and oxygen atoms in total. The quantitative estimate of drug-likeness (QED) is 0.205. The maximum atomic E-state index is 6.48. The van der Waals surface area contributed by atoms with Crippen molar-refractivity contribution in [1.29, 1.82) is 0 Å². The number of fused-ring (bicyclic) bond motifs is 7. The molecule has 0 bridgehead atoms. The molecule has 0 fully saturated rings. The van der Waals surface area contributed by atoms with E-state index in [1.807, 2.05) is 42.5 Å². The van der Waals surface area contributed by atoms with Gasteiger partial charge in [0.2, 0.25) is 0 Å². The first-order chi connectivity index (χ1) is 22.5. The average Bonchev–Trinajstić information content (AvgIpc) is 3.61. The monoisotopic (exact) mass is 590 g/mol. The van der Waals surface area contributed by atoms with Crippen LogP contribution in [0.15, 0.2) is 150 Å². The number of aromatic nitrogens is 2. The Morgan fingerprint density at radius 2 is 1.09 bits per heavy atom. The molecule has 3 heteroatoms. The molecule has 2 aromatic heterocycles. The summed E-state index contributed by atoms with van der Waals surface area (Å²) in [7, 11) is 0. The topological polar surface area (TPSA) is 38.9 Å². The zero-order chi connectivity index (χ0) is 30.8. The Kier molecular flexibility index (Phi) is 5.85. The molecule has 0 amide bonds. The van der Waals surface area contributed by atoms with Crippen LogP contribution in [-0.4, -0.2) is 9.97 Å². The van der Waals surface area contributed by atoms with E-state index in [9.17, 15) is 0 Å². The van der Waals surface area contributed by atoms with E-state index in [2.05, 4.69) is 117 Å². The molecule has 8 aromatic rings. The summed E-state index contributed by atoms with van der Waals surface area (Å²) in [4.78, 5) is 9.95. The molecule has 0 unspecified atom stereocenters. The largest absolute Gasteiger partial charge is 0.455 e. The number of para-hydroxylation sites is 1. The third-order valence-electron chi connectivity index (χ3n) is 9.52. The molecule has 218 valence electrons. The summed E-state index contributed by atoms with van der Waals surface area (Å²) in [6, 6.07) is 51.1. The van der Waals surface area contributed by atoms with Crippen molar-refractivity contribution in [2.24, 2.45) is 0 Å². The fourth-order valence-corrected chi connectivity index (χ4v) is 7.08. The lowest BCUT2D eigenvalue weighted by atomic mass is 9.81. The minimum absolute atomic E-state index is 0.142. The molecule has 0 saturated heterocycles. The van der Waals surface area contributed by atoms with Crippen molar-refractivity contribution in [3.63, 3.8) is 0 Å². The zero-order valence-corrected chi connectivity index (χ0v) is 25.7. The first-order valence-electron chi connectivity index (χ1n) is 15.7. The van der Waals surface area contributed by atoms with Crippen molar-refractivity contribution in [3.8, 4) is 56.2 Å². The predicted molar refractivity (Wildman–Crippen MR) is 189 cm³/mol. The van der Waals surface area contributed by atoms with Gasteiger partial charge in [0.25, 0.3) is 0 Å². The van der Waals surface area contributed by atoms with Gasteiger partial charge in [-0.3, -0.25) is 0 Å². The highest BCUT2D eigenvalue weighted by Crippen LogP contribution is 2.53. The molecular weight excluding hydrogens is 560 g/mol. The van der Waals surface area contributed by atoms with Crippen molar-refractivity contribution in [2.45, 2.75) is 19.3 Å². The Morgan fingerprint density at radius 1 is 0.478 bits per heavy atom. The average molecular weight is 591 g/mol. The molecule has 0 spiro atoms. The van der Waals surface area contributed by atoms with Gasteiger partial charge < -0.3 is 4.42 Å². The maximum absolute atomic E-state index is 6.48. The van der Waals surface area contributed by atoms with Crippen LogP contribution in [0, 0.1) is 0 Å². The maximum Gasteiger partial charge on any atom is 0.160 e. The highest BCUT2D eigenvalue weighted by molar-refractivity contribution is 6.11. The molecule has 0 saturated carbocycles. The Bertz CT molecular complexity index is 2360. The van der Waals surface area contributed by atoms with Crippen molar-refractivity contribution in [1.82, 2.24) is 9.97 Å². The molecule has 9 rings (SSSR count). The SMILES string of the molecule is CC1(C)c2cc(-c3ccc(-c4cc(-c5ccccc5)nc(-c5ccccc5)n4)cc3)ccc2-c2c1ccc1c2oc2ccccc21. The Balaban J connectivity index is 1.11. The minimum atomic E-state index is -0.142. The van der Waals surface area contributed by atoms with E-state index < -0.39 is 0 Å². The van der Waals surface area contributed by atoms with Crippen LogP contribution in [0.1, 0.15) is 25.0 Å². The fourth-order valence-electron chi connectivity index (χ4n) is 7.08. The summed E-state index contributed by atoms with van der Waals surface area (Å²) >= 11 is 0. The summed E-state index contributed by atoms with van der Waals surface area (Å²) in [5, 5.41) is 2.34. The van der Waals surface area contributed by atoms with Gasteiger partial charge in [0.15, 0.2) is 5.82 Å². The van der Waals surface area contributed by atoms with Crippen molar-refractivity contribution < 1.29 is 4.42 Å². The van der Waals surface area contributed by atoms with E-state index in [0.717, 1.165) is 45.1 Å². The summed E-state index contributed by atoms with van der Waals surface area (Å²) in [6.45, 7) is 4.64. The highest BCUT2D eigenvalue weighted by atomic mass is 16.3. The van der Waals surface area contributed by atoms with Crippen LogP contribution in [0.3, 0.4) is 0 Å². The van der Waals surface area contributed by atoms with Gasteiger partial charge >= 0.3 is 0 Å². The molecular formula is C43H30N2O. The third-order valence-corrected chi connectivity index (χ3v) is 9.52. The van der Waals surface area contributed by atoms with E-state index in [4.69, 9.17) is 14.4 Å². The number of nitrogens with zero attached hydrogens (tertiary/aromatic N) is 2. The zero-order valence-electron chi connectivity index (χ0n) is 25.7. The van der Waals surface area contributed by atoms with Gasteiger partial charge in [-0.2, -0.15) is 0 Å². The number of hydrogen-bond acceptors (Lipinski definition) is 3. The smallest absolute Gasteiger partial charge is 0.160 e. The first-order valence-corrected chi connectivity index (χ1v) is 15.7. The van der Waals surface area contributed by atoms with Crippen LogP contribution in [0.5, 0.6) is 0 Å². The second-order valence-corrected chi connectivity index (χ2v) is 12.6. The van der Waals surface area contributed by atoms with Crippen LogP contribution < -0.4 is 0 Å². The first kappa shape index (κ1) is 26.6. The Hall–Kier alpha value is -5.80. The van der Waals surface area contributed by atoms with Gasteiger partial charge in [-0.15, -0.1) is 0 Å². The molecule has 0 aliphatic heterocycles. The minimum Gasteiger partial charge on any atom is -0.455 e. The van der Waals surface area contributed by atoms with Crippen LogP contribution in [0.2, 0.25) is 0 Å². The fraction of sp³-hybridized carbons (Fsp3) is 0.0698.